The summed E-state index contributed by atoms with van der Waals surface area (Å²) >= 11 is 0. The van der Waals surface area contributed by atoms with Gasteiger partial charge in [-0.2, -0.15) is 5.10 Å². The molecule has 0 aliphatic heterocycles. The molecule has 4 heteroatoms. The normalized spacial score (nSPS) is 13.2. The van der Waals surface area contributed by atoms with Crippen molar-refractivity contribution in [1.29, 1.82) is 0 Å². The molecule has 0 saturated heterocycles. The van der Waals surface area contributed by atoms with E-state index in [1.165, 1.54) is 12.0 Å². The summed E-state index contributed by atoms with van der Waals surface area (Å²) in [6.07, 6.45) is 6.44. The number of hydrogen-bond donors (Lipinski definition) is 1. The minimum atomic E-state index is 0.401. The third-order valence-corrected chi connectivity index (χ3v) is 2.85. The zero-order valence-electron chi connectivity index (χ0n) is 11.6. The van der Waals surface area contributed by atoms with Gasteiger partial charge in [0.15, 0.2) is 0 Å². The van der Waals surface area contributed by atoms with E-state index in [0.717, 1.165) is 26.1 Å². The summed E-state index contributed by atoms with van der Waals surface area (Å²) in [6, 6.07) is 0.401. The molecule has 0 aliphatic rings. The number of aromatic nitrogens is 2. The van der Waals surface area contributed by atoms with Crippen LogP contribution in [-0.4, -0.2) is 41.9 Å². The molecule has 0 bridgehead atoms. The molecule has 17 heavy (non-hydrogen) atoms. The van der Waals surface area contributed by atoms with Gasteiger partial charge in [-0.25, -0.2) is 0 Å². The molecule has 1 aromatic heterocycles. The fraction of sp³-hybridized carbons (Fsp3) is 0.769. The first kappa shape index (κ1) is 14.2. The molecule has 0 aromatic carbocycles. The number of nitrogens with one attached hydrogen (secondary N) is 1. The molecule has 0 aliphatic carbocycles. The van der Waals surface area contributed by atoms with E-state index in [2.05, 4.69) is 49.5 Å². The van der Waals surface area contributed by atoms with Crippen molar-refractivity contribution < 1.29 is 0 Å². The summed E-state index contributed by atoms with van der Waals surface area (Å²) < 4.78 is 2.04. The van der Waals surface area contributed by atoms with Crippen molar-refractivity contribution >= 4 is 0 Å². The van der Waals surface area contributed by atoms with Crippen LogP contribution in [0.5, 0.6) is 0 Å². The van der Waals surface area contributed by atoms with Gasteiger partial charge in [0.2, 0.25) is 0 Å². The Morgan fingerprint density at radius 2 is 2.24 bits per heavy atom. The SMILES string of the molecule is CCCNC(C)c1cnn(CCCN(C)C)c1. The number of aryl methyl sites for hydroxylation is 1. The van der Waals surface area contributed by atoms with Gasteiger partial charge in [-0.3, -0.25) is 4.68 Å². The summed E-state index contributed by atoms with van der Waals surface area (Å²) in [7, 11) is 4.20. The molecule has 4 nitrogen and oxygen atoms in total. The molecule has 1 aromatic rings. The fourth-order valence-corrected chi connectivity index (χ4v) is 1.75. The largest absolute Gasteiger partial charge is 0.310 e. The fourth-order valence-electron chi connectivity index (χ4n) is 1.75. The minimum Gasteiger partial charge on any atom is -0.310 e. The average molecular weight is 238 g/mol. The summed E-state index contributed by atoms with van der Waals surface area (Å²) in [5.74, 6) is 0. The lowest BCUT2D eigenvalue weighted by Gasteiger charge is -2.10. The second-order valence-corrected chi connectivity index (χ2v) is 4.87. The second-order valence-electron chi connectivity index (χ2n) is 4.87. The monoisotopic (exact) mass is 238 g/mol. The highest BCUT2D eigenvalue weighted by Gasteiger charge is 2.06. The van der Waals surface area contributed by atoms with Crippen LogP contribution < -0.4 is 5.32 Å². The van der Waals surface area contributed by atoms with Gasteiger partial charge in [-0.05, 0) is 47.0 Å². The molecule has 1 atom stereocenters. The van der Waals surface area contributed by atoms with E-state index >= 15 is 0 Å². The van der Waals surface area contributed by atoms with Crippen LogP contribution in [0, 0.1) is 0 Å². The first-order valence-electron chi connectivity index (χ1n) is 6.54. The van der Waals surface area contributed by atoms with Crippen LogP contribution in [0.4, 0.5) is 0 Å². The van der Waals surface area contributed by atoms with Gasteiger partial charge in [0.05, 0.1) is 6.20 Å². The highest BCUT2D eigenvalue weighted by molar-refractivity contribution is 5.09. The highest BCUT2D eigenvalue weighted by Crippen LogP contribution is 2.10. The van der Waals surface area contributed by atoms with Gasteiger partial charge in [0.25, 0.3) is 0 Å². The van der Waals surface area contributed by atoms with Crippen molar-refractivity contribution in [2.24, 2.45) is 0 Å². The van der Waals surface area contributed by atoms with Gasteiger partial charge in [0.1, 0.15) is 0 Å². The Balaban J connectivity index is 2.36. The van der Waals surface area contributed by atoms with E-state index in [1.807, 2.05) is 10.9 Å². The van der Waals surface area contributed by atoms with Crippen molar-refractivity contribution in [3.63, 3.8) is 0 Å². The zero-order chi connectivity index (χ0) is 12.7. The summed E-state index contributed by atoms with van der Waals surface area (Å²) in [5.41, 5.74) is 1.28. The van der Waals surface area contributed by atoms with Gasteiger partial charge in [-0.15, -0.1) is 0 Å². The molecular formula is C13H26N4. The van der Waals surface area contributed by atoms with E-state index in [-0.39, 0.29) is 0 Å². The van der Waals surface area contributed by atoms with Crippen LogP contribution >= 0.6 is 0 Å². The Bertz CT molecular complexity index is 306. The van der Waals surface area contributed by atoms with Crippen molar-refractivity contribution in [1.82, 2.24) is 20.0 Å². The maximum atomic E-state index is 4.40. The van der Waals surface area contributed by atoms with E-state index in [4.69, 9.17) is 0 Å². The standard InChI is InChI=1S/C13H26N4/c1-5-7-14-12(2)13-10-15-17(11-13)9-6-8-16(3)4/h10-12,14H,5-9H2,1-4H3. The molecule has 0 amide bonds. The van der Waals surface area contributed by atoms with E-state index < -0.39 is 0 Å². The quantitative estimate of drug-likeness (QED) is 0.751. The molecule has 1 heterocycles. The maximum Gasteiger partial charge on any atom is 0.0537 e. The molecule has 0 radical (unpaired) electrons. The van der Waals surface area contributed by atoms with Crippen LogP contribution in [0.2, 0.25) is 0 Å². The van der Waals surface area contributed by atoms with Crippen molar-refractivity contribution in [2.75, 3.05) is 27.2 Å². The van der Waals surface area contributed by atoms with Crippen molar-refractivity contribution in [3.05, 3.63) is 18.0 Å². The van der Waals surface area contributed by atoms with Crippen LogP contribution in [0.1, 0.15) is 38.3 Å². The molecule has 0 fully saturated rings. The molecule has 98 valence electrons. The summed E-state index contributed by atoms with van der Waals surface area (Å²) in [5, 5.41) is 7.88. The molecule has 0 saturated carbocycles. The predicted octanol–water partition coefficient (Wildman–Crippen LogP) is 1.90. The van der Waals surface area contributed by atoms with Gasteiger partial charge in [-0.1, -0.05) is 6.92 Å². The number of hydrogen-bond acceptors (Lipinski definition) is 3. The van der Waals surface area contributed by atoms with Crippen LogP contribution in [-0.2, 0) is 6.54 Å². The molecule has 1 rings (SSSR count). The Morgan fingerprint density at radius 1 is 1.47 bits per heavy atom. The lowest BCUT2D eigenvalue weighted by Crippen LogP contribution is -2.18. The molecule has 1 unspecified atom stereocenters. The van der Waals surface area contributed by atoms with Crippen LogP contribution in [0.3, 0.4) is 0 Å². The molecule has 1 N–H and O–H groups in total. The van der Waals surface area contributed by atoms with Gasteiger partial charge >= 0.3 is 0 Å². The second kappa shape index (κ2) is 7.45. The lowest BCUT2D eigenvalue weighted by atomic mass is 10.2. The van der Waals surface area contributed by atoms with E-state index in [0.29, 0.717) is 6.04 Å². The predicted molar refractivity (Wildman–Crippen MR) is 72.1 cm³/mol. The number of nitrogens with zero attached hydrogens (tertiary/aromatic N) is 3. The van der Waals surface area contributed by atoms with E-state index in [9.17, 15) is 0 Å². The Labute approximate surface area is 105 Å². The Hall–Kier alpha value is -0.870. The highest BCUT2D eigenvalue weighted by atomic mass is 15.3. The maximum absolute atomic E-state index is 4.40. The number of rotatable bonds is 8. The minimum absolute atomic E-state index is 0.401. The Morgan fingerprint density at radius 3 is 2.88 bits per heavy atom. The van der Waals surface area contributed by atoms with Crippen LogP contribution in [0.25, 0.3) is 0 Å². The van der Waals surface area contributed by atoms with Crippen molar-refractivity contribution in [2.45, 2.75) is 39.3 Å². The third-order valence-electron chi connectivity index (χ3n) is 2.85. The topological polar surface area (TPSA) is 33.1 Å². The Kier molecular flexibility index (Phi) is 6.22. The zero-order valence-corrected chi connectivity index (χ0v) is 11.6. The first-order chi connectivity index (χ1) is 8.13. The summed E-state index contributed by atoms with van der Waals surface area (Å²) in [4.78, 5) is 2.20. The summed E-state index contributed by atoms with van der Waals surface area (Å²) in [6.45, 7) is 7.55. The van der Waals surface area contributed by atoms with Crippen molar-refractivity contribution in [3.8, 4) is 0 Å². The molecule has 0 spiro atoms. The van der Waals surface area contributed by atoms with Gasteiger partial charge < -0.3 is 10.2 Å². The van der Waals surface area contributed by atoms with Crippen LogP contribution in [0.15, 0.2) is 12.4 Å². The van der Waals surface area contributed by atoms with E-state index in [1.54, 1.807) is 0 Å². The third kappa shape index (κ3) is 5.33. The first-order valence-corrected chi connectivity index (χ1v) is 6.54. The average Bonchev–Trinajstić information content (AvgIpc) is 2.74. The van der Waals surface area contributed by atoms with Gasteiger partial charge in [0, 0.05) is 24.3 Å². The lowest BCUT2D eigenvalue weighted by molar-refractivity contribution is 0.380. The smallest absolute Gasteiger partial charge is 0.0537 e. The molecular weight excluding hydrogens is 212 g/mol.